The van der Waals surface area contributed by atoms with Gasteiger partial charge in [0.25, 0.3) is 0 Å². The van der Waals surface area contributed by atoms with Crippen molar-refractivity contribution < 1.29 is 0 Å². The van der Waals surface area contributed by atoms with Crippen LogP contribution in [0.2, 0.25) is 0 Å². The van der Waals surface area contributed by atoms with Crippen LogP contribution in [0, 0.1) is 5.41 Å². The molecule has 0 saturated carbocycles. The Morgan fingerprint density at radius 1 is 1.05 bits per heavy atom. The molecular formula is C17H18N2. The van der Waals surface area contributed by atoms with Crippen LogP contribution in [0.4, 0.5) is 0 Å². The number of hydrogen-bond acceptors (Lipinski definition) is 1. The molecule has 0 unspecified atom stereocenters. The zero-order valence-electron chi connectivity index (χ0n) is 11.3. The first-order valence-corrected chi connectivity index (χ1v) is 6.57. The minimum Gasteiger partial charge on any atom is -0.387 e. The smallest absolute Gasteiger partial charge is 0.101 e. The average Bonchev–Trinajstić information content (AvgIpc) is 2.76. The highest BCUT2D eigenvalue weighted by Crippen LogP contribution is 2.41. The van der Waals surface area contributed by atoms with Gasteiger partial charge in [0.15, 0.2) is 0 Å². The number of fused-ring (bicyclic) bond motifs is 3. The van der Waals surface area contributed by atoms with E-state index in [0.29, 0.717) is 0 Å². The third-order valence-corrected chi connectivity index (χ3v) is 4.20. The van der Waals surface area contributed by atoms with Gasteiger partial charge in [-0.3, -0.25) is 5.41 Å². The van der Waals surface area contributed by atoms with E-state index < -0.39 is 5.41 Å². The number of benzene rings is 2. The zero-order chi connectivity index (χ0) is 13.6. The molecule has 0 bridgehead atoms. The standard InChI is InChI=1S/C17H18N2/c1-17(2,16(18)19)15-9-5-8-13-12-7-4-3-6-11(12)10-14(13)15/h3-9H,10H2,1-2H3,(H3,18,19). The molecule has 2 heteroatoms. The Bertz CT molecular complexity index is 669. The minimum absolute atomic E-state index is 0.219. The third kappa shape index (κ3) is 1.67. The summed E-state index contributed by atoms with van der Waals surface area (Å²) >= 11 is 0. The lowest BCUT2D eigenvalue weighted by molar-refractivity contribution is 0.697. The molecule has 0 spiro atoms. The van der Waals surface area contributed by atoms with Gasteiger partial charge in [-0.05, 0) is 48.1 Å². The molecule has 2 nitrogen and oxygen atoms in total. The molecule has 0 heterocycles. The fourth-order valence-corrected chi connectivity index (χ4v) is 2.89. The van der Waals surface area contributed by atoms with Gasteiger partial charge >= 0.3 is 0 Å². The molecule has 2 aromatic carbocycles. The molecule has 0 aromatic heterocycles. The van der Waals surface area contributed by atoms with E-state index in [0.717, 1.165) is 6.42 Å². The number of amidine groups is 1. The van der Waals surface area contributed by atoms with Gasteiger partial charge in [-0.25, -0.2) is 0 Å². The predicted octanol–water partition coefficient (Wildman–Crippen LogP) is 3.47. The Hall–Kier alpha value is -2.09. The summed E-state index contributed by atoms with van der Waals surface area (Å²) < 4.78 is 0. The van der Waals surface area contributed by atoms with Gasteiger partial charge in [0.2, 0.25) is 0 Å². The second-order valence-corrected chi connectivity index (χ2v) is 5.70. The molecule has 0 fully saturated rings. The number of hydrogen-bond donors (Lipinski definition) is 2. The van der Waals surface area contributed by atoms with Crippen molar-refractivity contribution >= 4 is 5.84 Å². The van der Waals surface area contributed by atoms with E-state index in [1.54, 1.807) is 0 Å². The van der Waals surface area contributed by atoms with Crippen LogP contribution in [-0.2, 0) is 11.8 Å². The van der Waals surface area contributed by atoms with E-state index in [1.165, 1.54) is 27.8 Å². The summed E-state index contributed by atoms with van der Waals surface area (Å²) in [7, 11) is 0. The molecule has 2 aromatic rings. The minimum atomic E-state index is -0.409. The zero-order valence-corrected chi connectivity index (χ0v) is 11.3. The normalized spacial score (nSPS) is 12.9. The summed E-state index contributed by atoms with van der Waals surface area (Å²) in [5, 5.41) is 7.84. The number of nitrogens with one attached hydrogen (secondary N) is 1. The Morgan fingerprint density at radius 2 is 1.74 bits per heavy atom. The molecule has 96 valence electrons. The lowest BCUT2D eigenvalue weighted by Crippen LogP contribution is -2.35. The fourth-order valence-electron chi connectivity index (χ4n) is 2.89. The van der Waals surface area contributed by atoms with Crippen molar-refractivity contribution in [2.45, 2.75) is 25.7 Å². The quantitative estimate of drug-likeness (QED) is 0.531. The maximum atomic E-state index is 7.84. The topological polar surface area (TPSA) is 49.9 Å². The summed E-state index contributed by atoms with van der Waals surface area (Å²) in [6, 6.07) is 14.9. The average molecular weight is 250 g/mol. The molecule has 0 atom stereocenters. The van der Waals surface area contributed by atoms with E-state index in [2.05, 4.69) is 42.5 Å². The molecule has 0 radical (unpaired) electrons. The highest BCUT2D eigenvalue weighted by molar-refractivity contribution is 5.90. The summed E-state index contributed by atoms with van der Waals surface area (Å²) in [4.78, 5) is 0. The van der Waals surface area contributed by atoms with Crippen LogP contribution in [0.5, 0.6) is 0 Å². The van der Waals surface area contributed by atoms with Gasteiger partial charge in [0.1, 0.15) is 5.84 Å². The van der Waals surface area contributed by atoms with Crippen molar-refractivity contribution in [2.75, 3.05) is 0 Å². The summed E-state index contributed by atoms with van der Waals surface area (Å²) in [6.07, 6.45) is 0.943. The third-order valence-electron chi connectivity index (χ3n) is 4.20. The Morgan fingerprint density at radius 3 is 2.47 bits per heavy atom. The largest absolute Gasteiger partial charge is 0.387 e. The molecule has 1 aliphatic carbocycles. The van der Waals surface area contributed by atoms with Gasteiger partial charge in [0.05, 0.1) is 0 Å². The van der Waals surface area contributed by atoms with Crippen molar-refractivity contribution in [1.29, 1.82) is 5.41 Å². The van der Waals surface area contributed by atoms with Crippen molar-refractivity contribution in [3.63, 3.8) is 0 Å². The highest BCUT2D eigenvalue weighted by Gasteiger charge is 2.30. The Balaban J connectivity index is 2.22. The molecule has 0 amide bonds. The van der Waals surface area contributed by atoms with E-state index in [-0.39, 0.29) is 5.84 Å². The van der Waals surface area contributed by atoms with Crippen LogP contribution in [-0.4, -0.2) is 5.84 Å². The molecule has 3 rings (SSSR count). The van der Waals surface area contributed by atoms with Crippen molar-refractivity contribution in [2.24, 2.45) is 5.73 Å². The molecule has 19 heavy (non-hydrogen) atoms. The Labute approximate surface area is 113 Å². The number of rotatable bonds is 2. The van der Waals surface area contributed by atoms with Gasteiger partial charge in [-0.15, -0.1) is 0 Å². The lowest BCUT2D eigenvalue weighted by Gasteiger charge is -2.26. The SMILES string of the molecule is CC(C)(C(=N)N)c1cccc2c1Cc1ccccc1-2. The molecule has 1 aliphatic rings. The first kappa shape index (κ1) is 12.0. The number of nitrogens with two attached hydrogens (primary N) is 1. The van der Waals surface area contributed by atoms with Gasteiger partial charge in [-0.1, -0.05) is 42.5 Å². The summed E-state index contributed by atoms with van der Waals surface area (Å²) in [5.41, 5.74) is 11.9. The van der Waals surface area contributed by atoms with Crippen LogP contribution >= 0.6 is 0 Å². The molecule has 0 aliphatic heterocycles. The maximum Gasteiger partial charge on any atom is 0.101 e. The van der Waals surface area contributed by atoms with Gasteiger partial charge in [-0.2, -0.15) is 0 Å². The molecular weight excluding hydrogens is 232 g/mol. The predicted molar refractivity (Wildman–Crippen MR) is 79.6 cm³/mol. The van der Waals surface area contributed by atoms with E-state index in [9.17, 15) is 0 Å². The second kappa shape index (κ2) is 3.95. The maximum absolute atomic E-state index is 7.84. The van der Waals surface area contributed by atoms with E-state index in [4.69, 9.17) is 11.1 Å². The van der Waals surface area contributed by atoms with Crippen molar-refractivity contribution in [3.05, 3.63) is 59.2 Å². The van der Waals surface area contributed by atoms with Gasteiger partial charge in [0, 0.05) is 5.41 Å². The van der Waals surface area contributed by atoms with E-state index >= 15 is 0 Å². The second-order valence-electron chi connectivity index (χ2n) is 5.70. The monoisotopic (exact) mass is 250 g/mol. The van der Waals surface area contributed by atoms with Crippen LogP contribution in [0.25, 0.3) is 11.1 Å². The van der Waals surface area contributed by atoms with Crippen LogP contribution in [0.15, 0.2) is 42.5 Å². The van der Waals surface area contributed by atoms with Crippen molar-refractivity contribution in [1.82, 2.24) is 0 Å². The summed E-state index contributed by atoms with van der Waals surface area (Å²) in [6.45, 7) is 4.04. The fraction of sp³-hybridized carbons (Fsp3) is 0.235. The lowest BCUT2D eigenvalue weighted by atomic mass is 9.79. The van der Waals surface area contributed by atoms with Gasteiger partial charge < -0.3 is 5.73 Å². The van der Waals surface area contributed by atoms with Crippen LogP contribution in [0.1, 0.15) is 30.5 Å². The molecule has 3 N–H and O–H groups in total. The van der Waals surface area contributed by atoms with E-state index in [1.807, 2.05) is 13.8 Å². The van der Waals surface area contributed by atoms with Crippen LogP contribution in [0.3, 0.4) is 0 Å². The highest BCUT2D eigenvalue weighted by atomic mass is 14.7. The first-order chi connectivity index (χ1) is 9.01. The van der Waals surface area contributed by atoms with Crippen molar-refractivity contribution in [3.8, 4) is 11.1 Å². The first-order valence-electron chi connectivity index (χ1n) is 6.57. The molecule has 0 saturated heterocycles. The Kier molecular flexibility index (Phi) is 2.49. The van der Waals surface area contributed by atoms with Crippen LogP contribution < -0.4 is 5.73 Å². The summed E-state index contributed by atoms with van der Waals surface area (Å²) in [5.74, 6) is 0.219.